The summed E-state index contributed by atoms with van der Waals surface area (Å²) < 4.78 is 3.96. The van der Waals surface area contributed by atoms with E-state index in [-0.39, 0.29) is 17.9 Å². The Morgan fingerprint density at radius 2 is 2.04 bits per heavy atom. The maximum atomic E-state index is 12.8. The first-order valence-corrected chi connectivity index (χ1v) is 9.52. The summed E-state index contributed by atoms with van der Waals surface area (Å²) in [6.07, 6.45) is 6.34. The molecule has 0 aliphatic carbocycles. The lowest BCUT2D eigenvalue weighted by Crippen LogP contribution is -2.26. The Bertz CT molecular complexity index is 937. The van der Waals surface area contributed by atoms with Crippen LogP contribution in [0.1, 0.15) is 68.0 Å². The quantitative estimate of drug-likeness (QED) is 0.648. The van der Waals surface area contributed by atoms with Gasteiger partial charge in [0.1, 0.15) is 5.82 Å². The highest BCUT2D eigenvalue weighted by molar-refractivity contribution is 6.05. The fourth-order valence-electron chi connectivity index (χ4n) is 3.09. The summed E-state index contributed by atoms with van der Waals surface area (Å²) in [5.41, 5.74) is 2.33. The Kier molecular flexibility index (Phi) is 5.58. The first-order chi connectivity index (χ1) is 12.9. The van der Waals surface area contributed by atoms with Crippen molar-refractivity contribution in [2.24, 2.45) is 0 Å². The molecule has 0 fully saturated rings. The minimum Gasteiger partial charge on any atom is -0.352 e. The molecule has 0 aliphatic heterocycles. The molecular weight excluding hydrogens is 340 g/mol. The predicted molar refractivity (Wildman–Crippen MR) is 106 cm³/mol. The number of aromatic nitrogens is 5. The van der Waals surface area contributed by atoms with E-state index in [2.05, 4.69) is 47.7 Å². The highest BCUT2D eigenvalue weighted by Gasteiger charge is 2.18. The van der Waals surface area contributed by atoms with E-state index in [1.54, 1.807) is 12.4 Å². The van der Waals surface area contributed by atoms with E-state index in [1.807, 2.05) is 23.9 Å². The van der Waals surface area contributed by atoms with Gasteiger partial charge in [-0.3, -0.25) is 4.79 Å². The van der Waals surface area contributed by atoms with Crippen LogP contribution in [0.5, 0.6) is 0 Å². The lowest BCUT2D eigenvalue weighted by Gasteiger charge is -2.12. The van der Waals surface area contributed by atoms with Gasteiger partial charge < -0.3 is 9.88 Å². The van der Waals surface area contributed by atoms with Crippen LogP contribution in [0.4, 0.5) is 0 Å². The molecule has 7 heteroatoms. The molecule has 0 saturated carbocycles. The summed E-state index contributed by atoms with van der Waals surface area (Å²) in [6.45, 7) is 11.7. The number of rotatable bonds is 7. The molecule has 0 bridgehead atoms. The first-order valence-electron chi connectivity index (χ1n) is 9.52. The van der Waals surface area contributed by atoms with E-state index < -0.39 is 0 Å². The molecule has 0 radical (unpaired) electrons. The summed E-state index contributed by atoms with van der Waals surface area (Å²) in [7, 11) is 0. The van der Waals surface area contributed by atoms with Gasteiger partial charge in [0, 0.05) is 37.2 Å². The first kappa shape index (κ1) is 19.1. The zero-order chi connectivity index (χ0) is 19.6. The molecule has 144 valence electrons. The van der Waals surface area contributed by atoms with Crippen molar-refractivity contribution in [3.63, 3.8) is 0 Å². The van der Waals surface area contributed by atoms with E-state index >= 15 is 0 Å². The molecule has 1 amide bonds. The Morgan fingerprint density at radius 3 is 2.67 bits per heavy atom. The van der Waals surface area contributed by atoms with Crippen molar-refractivity contribution in [1.82, 2.24) is 29.6 Å². The zero-order valence-electron chi connectivity index (χ0n) is 16.7. The summed E-state index contributed by atoms with van der Waals surface area (Å²) >= 11 is 0. The summed E-state index contributed by atoms with van der Waals surface area (Å²) in [5.74, 6) is 1.15. The largest absolute Gasteiger partial charge is 0.352 e. The van der Waals surface area contributed by atoms with Crippen LogP contribution in [0, 0.1) is 6.92 Å². The molecule has 3 aromatic heterocycles. The van der Waals surface area contributed by atoms with Crippen LogP contribution < -0.4 is 5.32 Å². The number of carbonyl (C=O) groups is 1. The van der Waals surface area contributed by atoms with Gasteiger partial charge in [-0.15, -0.1) is 0 Å². The van der Waals surface area contributed by atoms with E-state index in [1.165, 1.54) is 0 Å². The van der Waals surface area contributed by atoms with Gasteiger partial charge in [-0.25, -0.2) is 14.6 Å². The fourth-order valence-corrected chi connectivity index (χ4v) is 3.09. The third-order valence-electron chi connectivity index (χ3n) is 4.70. The minimum atomic E-state index is -0.0741. The molecule has 0 aliphatic rings. The van der Waals surface area contributed by atoms with Crippen molar-refractivity contribution in [1.29, 1.82) is 0 Å². The number of nitrogens with zero attached hydrogens (tertiary/aromatic N) is 5. The molecule has 0 atom stereocenters. The van der Waals surface area contributed by atoms with Crippen LogP contribution in [0.2, 0.25) is 0 Å². The molecule has 3 rings (SSSR count). The SMILES string of the molecule is Cc1nccn1CCCNC(=O)c1cc(C(C)C)nc2c1cnn2C(C)C. The normalized spacial score (nSPS) is 11.7. The third-order valence-corrected chi connectivity index (χ3v) is 4.70. The molecule has 0 unspecified atom stereocenters. The molecular formula is C20H28N6O. The van der Waals surface area contributed by atoms with E-state index in [9.17, 15) is 4.79 Å². The highest BCUT2D eigenvalue weighted by Crippen LogP contribution is 2.24. The van der Waals surface area contributed by atoms with Gasteiger partial charge in [-0.2, -0.15) is 5.10 Å². The molecule has 7 nitrogen and oxygen atoms in total. The second-order valence-corrected chi connectivity index (χ2v) is 7.45. The van der Waals surface area contributed by atoms with Crippen molar-refractivity contribution in [3.05, 3.63) is 41.7 Å². The number of fused-ring (bicyclic) bond motifs is 1. The van der Waals surface area contributed by atoms with Gasteiger partial charge in [0.05, 0.1) is 17.1 Å². The predicted octanol–water partition coefficient (Wildman–Crippen LogP) is 3.46. The van der Waals surface area contributed by atoms with Gasteiger partial charge in [0.25, 0.3) is 5.91 Å². The standard InChI is InChI=1S/C20H28N6O/c1-13(2)18-11-16(17-12-23-26(14(3)4)19(17)24-18)20(27)22-7-6-9-25-10-8-21-15(25)5/h8,10-14H,6-7,9H2,1-5H3,(H,22,27). The van der Waals surface area contributed by atoms with Gasteiger partial charge in [-0.1, -0.05) is 13.8 Å². The lowest BCUT2D eigenvalue weighted by atomic mass is 10.0. The maximum Gasteiger partial charge on any atom is 0.252 e. The average molecular weight is 368 g/mol. The van der Waals surface area contributed by atoms with Gasteiger partial charge in [0.2, 0.25) is 0 Å². The molecule has 1 N–H and O–H groups in total. The second kappa shape index (κ2) is 7.90. The minimum absolute atomic E-state index is 0.0741. The van der Waals surface area contributed by atoms with Crippen LogP contribution in [0.15, 0.2) is 24.7 Å². The average Bonchev–Trinajstić information content (AvgIpc) is 3.23. The number of amides is 1. The number of carbonyl (C=O) groups excluding carboxylic acids is 1. The maximum absolute atomic E-state index is 12.8. The van der Waals surface area contributed by atoms with Crippen LogP contribution in [-0.2, 0) is 6.54 Å². The number of imidazole rings is 1. The molecule has 0 aromatic carbocycles. The monoisotopic (exact) mass is 368 g/mol. The lowest BCUT2D eigenvalue weighted by molar-refractivity contribution is 0.0954. The summed E-state index contributed by atoms with van der Waals surface area (Å²) in [5, 5.41) is 8.28. The Balaban J connectivity index is 1.78. The highest BCUT2D eigenvalue weighted by atomic mass is 16.1. The molecule has 3 heterocycles. The topological polar surface area (TPSA) is 77.6 Å². The van der Waals surface area contributed by atoms with Crippen molar-refractivity contribution >= 4 is 16.9 Å². The van der Waals surface area contributed by atoms with Crippen molar-refractivity contribution in [2.45, 2.75) is 59.5 Å². The Labute approximate surface area is 159 Å². The molecule has 0 spiro atoms. The second-order valence-electron chi connectivity index (χ2n) is 7.45. The number of hydrogen-bond acceptors (Lipinski definition) is 4. The van der Waals surface area contributed by atoms with Crippen molar-refractivity contribution in [3.8, 4) is 0 Å². The van der Waals surface area contributed by atoms with Crippen LogP contribution in [-0.4, -0.2) is 36.8 Å². The number of nitrogens with one attached hydrogen (secondary N) is 1. The van der Waals surface area contributed by atoms with Crippen LogP contribution in [0.25, 0.3) is 11.0 Å². The van der Waals surface area contributed by atoms with Crippen LogP contribution in [0.3, 0.4) is 0 Å². The smallest absolute Gasteiger partial charge is 0.252 e. The van der Waals surface area contributed by atoms with Gasteiger partial charge in [0.15, 0.2) is 5.65 Å². The number of aryl methyl sites for hydroxylation is 2. The van der Waals surface area contributed by atoms with Crippen molar-refractivity contribution in [2.75, 3.05) is 6.54 Å². The Morgan fingerprint density at radius 1 is 1.26 bits per heavy atom. The molecule has 3 aromatic rings. The van der Waals surface area contributed by atoms with E-state index in [0.29, 0.717) is 12.1 Å². The fraction of sp³-hybridized carbons (Fsp3) is 0.500. The summed E-state index contributed by atoms with van der Waals surface area (Å²) in [4.78, 5) is 21.8. The van der Waals surface area contributed by atoms with Crippen LogP contribution >= 0.6 is 0 Å². The Hall–Kier alpha value is -2.70. The zero-order valence-corrected chi connectivity index (χ0v) is 16.7. The summed E-state index contributed by atoms with van der Waals surface area (Å²) in [6, 6.07) is 2.08. The van der Waals surface area contributed by atoms with Gasteiger partial charge in [-0.05, 0) is 39.2 Å². The number of pyridine rings is 1. The molecule has 0 saturated heterocycles. The number of hydrogen-bond donors (Lipinski definition) is 1. The molecule has 27 heavy (non-hydrogen) atoms. The van der Waals surface area contributed by atoms with Crippen molar-refractivity contribution < 1.29 is 4.79 Å². The van der Waals surface area contributed by atoms with E-state index in [0.717, 1.165) is 35.5 Å². The third kappa shape index (κ3) is 4.02. The van der Waals surface area contributed by atoms with E-state index in [4.69, 9.17) is 4.98 Å². The van der Waals surface area contributed by atoms with Gasteiger partial charge >= 0.3 is 0 Å².